The summed E-state index contributed by atoms with van der Waals surface area (Å²) in [5.41, 5.74) is 2.83. The first-order valence-electron chi connectivity index (χ1n) is 17.4. The predicted molar refractivity (Wildman–Crippen MR) is 192 cm³/mol. The molecule has 0 atom stereocenters. The summed E-state index contributed by atoms with van der Waals surface area (Å²) in [6, 6.07) is 15.4. The number of carbonyl (C=O) groups excluding carboxylic acids is 1. The molecule has 2 heterocycles. The molecule has 14 heteroatoms. The van der Waals surface area contributed by atoms with Crippen LogP contribution in [0.15, 0.2) is 65.5 Å². The maximum atomic E-state index is 13.1. The molecule has 0 saturated carbocycles. The van der Waals surface area contributed by atoms with Crippen LogP contribution in [0.25, 0.3) is 5.70 Å². The fourth-order valence-electron chi connectivity index (χ4n) is 5.46. The molecule has 1 aliphatic carbocycles. The van der Waals surface area contributed by atoms with Gasteiger partial charge in [-0.25, -0.2) is 0 Å². The van der Waals surface area contributed by atoms with Crippen LogP contribution in [0.2, 0.25) is 0 Å². The van der Waals surface area contributed by atoms with Crippen molar-refractivity contribution in [2.45, 2.75) is 0 Å². The molecule has 3 aromatic carbocycles. The number of carbonyl (C=O) groups is 1. The van der Waals surface area contributed by atoms with E-state index in [9.17, 15) is 9.59 Å². The molecule has 0 spiro atoms. The minimum Gasteiger partial charge on any atom is -0.487 e. The number of hydrogen-bond acceptors (Lipinski definition) is 14. The van der Waals surface area contributed by atoms with Crippen molar-refractivity contribution < 1.29 is 52.2 Å². The van der Waals surface area contributed by atoms with Crippen molar-refractivity contribution >= 4 is 28.5 Å². The van der Waals surface area contributed by atoms with Crippen LogP contribution in [0.1, 0.15) is 15.9 Å². The van der Waals surface area contributed by atoms with Gasteiger partial charge in [-0.05, 0) is 36.4 Å². The van der Waals surface area contributed by atoms with Gasteiger partial charge in [0.05, 0.1) is 85.0 Å². The predicted octanol–water partition coefficient (Wildman–Crippen LogP) is 4.08. The van der Waals surface area contributed by atoms with E-state index in [1.807, 2.05) is 12.1 Å². The summed E-state index contributed by atoms with van der Waals surface area (Å²) in [7, 11) is 0. The number of fused-ring (bicyclic) bond motifs is 3. The number of benzene rings is 2. The molecule has 3 aromatic rings. The van der Waals surface area contributed by atoms with E-state index in [4.69, 9.17) is 47.4 Å². The Balaban J connectivity index is 1.19. The number of anilines is 3. The highest BCUT2D eigenvalue weighted by Gasteiger charge is 2.23. The Kier molecular flexibility index (Phi) is 14.1. The summed E-state index contributed by atoms with van der Waals surface area (Å²) in [4.78, 5) is 26.1. The quantitative estimate of drug-likeness (QED) is 0.399. The van der Waals surface area contributed by atoms with E-state index < -0.39 is 0 Å². The summed E-state index contributed by atoms with van der Waals surface area (Å²) >= 11 is 0. The SMILES string of the molecule is O=C1C=C(Nc2ccc3c(c2)OCCOCCOCCOCCO3)c2cc(Nc3ccc4c(c3)OCCOCCOCCOCCO4)cc(=O)cc21. The molecule has 0 aromatic heterocycles. The zero-order chi connectivity index (χ0) is 35.8. The van der Waals surface area contributed by atoms with Gasteiger partial charge in [0.2, 0.25) is 0 Å². The van der Waals surface area contributed by atoms with Crippen LogP contribution in [0, 0.1) is 0 Å². The van der Waals surface area contributed by atoms with Crippen LogP contribution in [0.5, 0.6) is 23.0 Å². The summed E-state index contributed by atoms with van der Waals surface area (Å²) in [5.74, 6) is 1.82. The molecule has 0 radical (unpaired) electrons. The highest BCUT2D eigenvalue weighted by Crippen LogP contribution is 2.36. The second kappa shape index (κ2) is 19.8. The summed E-state index contributed by atoms with van der Waals surface area (Å²) in [5, 5.41) is 6.64. The van der Waals surface area contributed by atoms with Crippen LogP contribution >= 0.6 is 0 Å². The molecule has 0 saturated heterocycles. The first kappa shape index (κ1) is 37.1. The van der Waals surface area contributed by atoms with E-state index in [2.05, 4.69) is 10.6 Å². The van der Waals surface area contributed by atoms with Crippen LogP contribution in [0.3, 0.4) is 0 Å². The highest BCUT2D eigenvalue weighted by molar-refractivity contribution is 6.18. The average molecular weight is 721 g/mol. The highest BCUT2D eigenvalue weighted by atomic mass is 16.6. The van der Waals surface area contributed by atoms with E-state index in [0.29, 0.717) is 163 Å². The van der Waals surface area contributed by atoms with E-state index in [-0.39, 0.29) is 11.2 Å². The van der Waals surface area contributed by atoms with Gasteiger partial charge < -0.3 is 58.0 Å². The molecule has 6 rings (SSSR count). The van der Waals surface area contributed by atoms with Crippen molar-refractivity contribution in [3.8, 4) is 23.0 Å². The Morgan fingerprint density at radius 1 is 0.385 bits per heavy atom. The summed E-state index contributed by atoms with van der Waals surface area (Å²) < 4.78 is 57.2. The van der Waals surface area contributed by atoms with Crippen LogP contribution in [-0.4, -0.2) is 111 Å². The molecule has 14 nitrogen and oxygen atoms in total. The molecule has 52 heavy (non-hydrogen) atoms. The van der Waals surface area contributed by atoms with Crippen molar-refractivity contribution in [1.82, 2.24) is 0 Å². The lowest BCUT2D eigenvalue weighted by molar-refractivity contribution is 0.00708. The lowest BCUT2D eigenvalue weighted by Gasteiger charge is -2.16. The first-order valence-corrected chi connectivity index (χ1v) is 17.4. The lowest BCUT2D eigenvalue weighted by Crippen LogP contribution is -2.13. The monoisotopic (exact) mass is 720 g/mol. The van der Waals surface area contributed by atoms with Crippen molar-refractivity contribution in [3.63, 3.8) is 0 Å². The molecule has 2 aliphatic heterocycles. The third-order valence-corrected chi connectivity index (χ3v) is 7.89. The third kappa shape index (κ3) is 11.1. The van der Waals surface area contributed by atoms with Gasteiger partial charge in [0.15, 0.2) is 34.2 Å². The Hall–Kier alpha value is -4.70. The number of nitrogens with one attached hydrogen (secondary N) is 2. The van der Waals surface area contributed by atoms with E-state index >= 15 is 0 Å². The maximum Gasteiger partial charge on any atom is 0.188 e. The molecule has 0 unspecified atom stereocenters. The molecule has 0 amide bonds. The Bertz CT molecular complexity index is 1730. The molecular formula is C38H44N2O12. The first-order chi connectivity index (χ1) is 25.6. The topological polar surface area (TPSA) is 151 Å². The summed E-state index contributed by atoms with van der Waals surface area (Å²) in [6.45, 7) is 6.55. The standard InChI is InChI=1S/C38H44N2O12/c41-30-21-29(39-27-1-3-35-37(23-27)51-19-15-47-11-7-43-5-9-45-13-17-49-35)22-31-32(25-30)34(42)26-33(31)40-28-2-4-36-38(24-28)52-20-16-48-12-8-44-6-10-46-14-18-50-36/h1-4,21-26,39-40H,5-20H2. The van der Waals surface area contributed by atoms with Crippen LogP contribution in [0.4, 0.5) is 17.1 Å². The Morgan fingerprint density at radius 2 is 0.808 bits per heavy atom. The molecule has 0 fully saturated rings. The van der Waals surface area contributed by atoms with Gasteiger partial charge >= 0.3 is 0 Å². The van der Waals surface area contributed by atoms with Crippen molar-refractivity contribution in [2.75, 3.05) is 116 Å². The van der Waals surface area contributed by atoms with Gasteiger partial charge in [-0.15, -0.1) is 0 Å². The second-order valence-electron chi connectivity index (χ2n) is 11.7. The van der Waals surface area contributed by atoms with Gasteiger partial charge in [-0.1, -0.05) is 0 Å². The fraction of sp³-hybridized carbons (Fsp3) is 0.421. The minimum atomic E-state index is -0.327. The zero-order valence-corrected chi connectivity index (χ0v) is 29.0. The normalized spacial score (nSPS) is 18.3. The lowest BCUT2D eigenvalue weighted by atomic mass is 10.1. The van der Waals surface area contributed by atoms with Gasteiger partial charge in [-0.2, -0.15) is 0 Å². The van der Waals surface area contributed by atoms with E-state index in [1.54, 1.807) is 30.3 Å². The maximum absolute atomic E-state index is 13.1. The van der Waals surface area contributed by atoms with E-state index in [0.717, 1.165) is 0 Å². The molecule has 278 valence electrons. The molecule has 2 N–H and O–H groups in total. The Labute approximate surface area is 301 Å². The zero-order valence-electron chi connectivity index (χ0n) is 29.0. The number of allylic oxidation sites excluding steroid dienone is 1. The van der Waals surface area contributed by atoms with Gasteiger partial charge in [-0.3, -0.25) is 9.59 Å². The summed E-state index contributed by atoms with van der Waals surface area (Å²) in [6.07, 6.45) is 1.48. The smallest absolute Gasteiger partial charge is 0.188 e. The molecular weight excluding hydrogens is 676 g/mol. The van der Waals surface area contributed by atoms with E-state index in [1.165, 1.54) is 18.2 Å². The van der Waals surface area contributed by atoms with Crippen molar-refractivity contribution in [3.05, 3.63) is 82.0 Å². The van der Waals surface area contributed by atoms with Gasteiger partial charge in [0, 0.05) is 52.5 Å². The van der Waals surface area contributed by atoms with Gasteiger partial charge in [0.25, 0.3) is 0 Å². The number of hydrogen-bond donors (Lipinski definition) is 2. The second-order valence-corrected chi connectivity index (χ2v) is 11.7. The minimum absolute atomic E-state index is 0.281. The van der Waals surface area contributed by atoms with Crippen LogP contribution < -0.4 is 35.0 Å². The number of ketones is 1. The molecule has 3 aliphatic rings. The van der Waals surface area contributed by atoms with Gasteiger partial charge in [0.1, 0.15) is 26.4 Å². The molecule has 0 bridgehead atoms. The van der Waals surface area contributed by atoms with Crippen LogP contribution in [-0.2, 0) is 28.4 Å². The average Bonchev–Trinajstić information content (AvgIpc) is 3.29. The number of ether oxygens (including phenoxy) is 10. The van der Waals surface area contributed by atoms with Crippen molar-refractivity contribution in [2.24, 2.45) is 0 Å². The largest absolute Gasteiger partial charge is 0.487 e. The fourth-order valence-corrected chi connectivity index (χ4v) is 5.46. The van der Waals surface area contributed by atoms with Crippen molar-refractivity contribution in [1.29, 1.82) is 0 Å². The number of rotatable bonds is 4. The Morgan fingerprint density at radius 3 is 1.29 bits per heavy atom. The third-order valence-electron chi connectivity index (χ3n) is 7.89.